The van der Waals surface area contributed by atoms with Crippen molar-refractivity contribution in [2.24, 2.45) is 0 Å². The van der Waals surface area contributed by atoms with E-state index in [0.717, 1.165) is 6.26 Å². The Kier molecular flexibility index (Phi) is 6.49. The molecule has 140 valence electrons. The van der Waals surface area contributed by atoms with Gasteiger partial charge < -0.3 is 14.8 Å². The topological polar surface area (TPSA) is 114 Å². The van der Waals surface area contributed by atoms with Crippen molar-refractivity contribution < 1.29 is 27.5 Å². The number of carbonyl (C=O) groups is 2. The van der Waals surface area contributed by atoms with Crippen molar-refractivity contribution in [3.8, 4) is 0 Å². The van der Waals surface area contributed by atoms with Gasteiger partial charge in [0, 0.05) is 17.2 Å². The van der Waals surface area contributed by atoms with Gasteiger partial charge in [-0.1, -0.05) is 12.1 Å². The molecule has 2 N–H and O–H groups in total. The van der Waals surface area contributed by atoms with Crippen LogP contribution in [-0.2, 0) is 15.6 Å². The van der Waals surface area contributed by atoms with E-state index in [9.17, 15) is 18.0 Å². The molecule has 2 aromatic rings. The van der Waals surface area contributed by atoms with Gasteiger partial charge in [0.1, 0.15) is 21.2 Å². The number of aromatic carboxylic acids is 1. The summed E-state index contributed by atoms with van der Waals surface area (Å²) in [6, 6.07) is 7.69. The first kappa shape index (κ1) is 20.1. The van der Waals surface area contributed by atoms with Crippen molar-refractivity contribution in [1.29, 1.82) is 0 Å². The number of carboxylic acid groups (broad SMARTS) is 1. The molecule has 0 spiro atoms. The standard InChI is InChI=1S/C17H19NO6S2/c1-11(10-26(2,22)23)18-16(19)13-5-3-4-6-15(13)25-9-14-12(17(20)21)7-8-24-14/h3-8,11H,9-10H2,1-2H3,(H,18,19)(H,20,21). The fraction of sp³-hybridized carbons (Fsp3) is 0.294. The van der Waals surface area contributed by atoms with Crippen LogP contribution >= 0.6 is 11.8 Å². The molecule has 0 aliphatic heterocycles. The number of benzene rings is 1. The number of hydrogen-bond acceptors (Lipinski definition) is 6. The number of furan rings is 1. The third kappa shape index (κ3) is 5.63. The summed E-state index contributed by atoms with van der Waals surface area (Å²) in [5.41, 5.74) is 0.475. The molecule has 1 heterocycles. The van der Waals surface area contributed by atoms with E-state index >= 15 is 0 Å². The first-order chi connectivity index (χ1) is 12.2. The molecule has 1 unspecified atom stereocenters. The van der Waals surface area contributed by atoms with E-state index in [1.54, 1.807) is 31.2 Å². The number of rotatable bonds is 8. The second-order valence-electron chi connectivity index (χ2n) is 5.81. The Labute approximate surface area is 155 Å². The number of amides is 1. The highest BCUT2D eigenvalue weighted by Crippen LogP contribution is 2.28. The van der Waals surface area contributed by atoms with Crippen LogP contribution in [0.1, 0.15) is 33.4 Å². The van der Waals surface area contributed by atoms with Crippen LogP contribution in [0.15, 0.2) is 45.9 Å². The molecule has 0 bridgehead atoms. The van der Waals surface area contributed by atoms with Crippen molar-refractivity contribution in [3.63, 3.8) is 0 Å². The van der Waals surface area contributed by atoms with Gasteiger partial charge in [-0.3, -0.25) is 4.79 Å². The molecule has 1 amide bonds. The summed E-state index contributed by atoms with van der Waals surface area (Å²) in [6.07, 6.45) is 2.42. The van der Waals surface area contributed by atoms with Gasteiger partial charge in [-0.15, -0.1) is 11.8 Å². The molecule has 9 heteroatoms. The van der Waals surface area contributed by atoms with Gasteiger partial charge in [0.15, 0.2) is 0 Å². The monoisotopic (exact) mass is 397 g/mol. The van der Waals surface area contributed by atoms with Crippen molar-refractivity contribution in [1.82, 2.24) is 5.32 Å². The van der Waals surface area contributed by atoms with Crippen LogP contribution in [0.3, 0.4) is 0 Å². The van der Waals surface area contributed by atoms with E-state index < -0.39 is 21.8 Å². The molecule has 7 nitrogen and oxygen atoms in total. The fourth-order valence-electron chi connectivity index (χ4n) is 2.36. The van der Waals surface area contributed by atoms with Crippen LogP contribution in [-0.4, -0.2) is 43.5 Å². The average molecular weight is 397 g/mol. The molecule has 0 saturated heterocycles. The molecule has 1 atom stereocenters. The zero-order valence-electron chi connectivity index (χ0n) is 14.3. The van der Waals surface area contributed by atoms with E-state index in [1.165, 1.54) is 24.1 Å². The molecular weight excluding hydrogens is 378 g/mol. The van der Waals surface area contributed by atoms with Crippen LogP contribution in [0, 0.1) is 0 Å². The van der Waals surface area contributed by atoms with Crippen molar-refractivity contribution >= 4 is 33.5 Å². The van der Waals surface area contributed by atoms with Gasteiger partial charge in [-0.05, 0) is 25.1 Å². The van der Waals surface area contributed by atoms with Gasteiger partial charge in [-0.2, -0.15) is 0 Å². The van der Waals surface area contributed by atoms with E-state index in [0.29, 0.717) is 16.2 Å². The van der Waals surface area contributed by atoms with Crippen LogP contribution in [0.25, 0.3) is 0 Å². The lowest BCUT2D eigenvalue weighted by Gasteiger charge is -2.14. The molecule has 1 aromatic heterocycles. The second-order valence-corrected chi connectivity index (χ2v) is 9.02. The average Bonchev–Trinajstić information content (AvgIpc) is 3.00. The molecule has 0 fully saturated rings. The van der Waals surface area contributed by atoms with E-state index in [2.05, 4.69) is 5.32 Å². The molecule has 2 rings (SSSR count). The summed E-state index contributed by atoms with van der Waals surface area (Å²) in [7, 11) is -3.20. The predicted molar refractivity (Wildman–Crippen MR) is 98.3 cm³/mol. The lowest BCUT2D eigenvalue weighted by molar-refractivity contribution is 0.0694. The minimum Gasteiger partial charge on any atom is -0.478 e. The number of hydrogen-bond donors (Lipinski definition) is 2. The Morgan fingerprint density at radius 2 is 1.92 bits per heavy atom. The largest absolute Gasteiger partial charge is 0.478 e. The third-order valence-corrected chi connectivity index (χ3v) is 5.58. The van der Waals surface area contributed by atoms with Gasteiger partial charge in [0.2, 0.25) is 0 Å². The Balaban J connectivity index is 2.10. The first-order valence-corrected chi connectivity index (χ1v) is 10.7. The summed E-state index contributed by atoms with van der Waals surface area (Å²) in [5.74, 6) is -1.06. The number of carbonyl (C=O) groups excluding carboxylic acids is 1. The zero-order chi connectivity index (χ0) is 19.3. The smallest absolute Gasteiger partial charge is 0.339 e. The van der Waals surface area contributed by atoms with E-state index in [1.807, 2.05) is 0 Å². The summed E-state index contributed by atoms with van der Waals surface area (Å²) < 4.78 is 27.9. The van der Waals surface area contributed by atoms with Crippen molar-refractivity contribution in [2.75, 3.05) is 12.0 Å². The van der Waals surface area contributed by atoms with Crippen molar-refractivity contribution in [2.45, 2.75) is 23.6 Å². The van der Waals surface area contributed by atoms with Crippen LogP contribution < -0.4 is 5.32 Å². The molecular formula is C17H19NO6S2. The van der Waals surface area contributed by atoms with Gasteiger partial charge in [0.05, 0.1) is 23.3 Å². The summed E-state index contributed by atoms with van der Waals surface area (Å²) >= 11 is 1.27. The quantitative estimate of drug-likeness (QED) is 0.658. The highest BCUT2D eigenvalue weighted by Gasteiger charge is 2.18. The highest BCUT2D eigenvalue weighted by molar-refractivity contribution is 7.98. The third-order valence-electron chi connectivity index (χ3n) is 3.40. The number of carboxylic acids is 1. The molecule has 0 aliphatic rings. The maximum atomic E-state index is 12.5. The summed E-state index contributed by atoms with van der Waals surface area (Å²) in [6.45, 7) is 1.62. The Bertz CT molecular complexity index is 903. The molecule has 1 aromatic carbocycles. The number of sulfone groups is 1. The van der Waals surface area contributed by atoms with Crippen LogP contribution in [0.2, 0.25) is 0 Å². The minimum atomic E-state index is -3.20. The normalized spacial score (nSPS) is 12.5. The predicted octanol–water partition coefficient (Wildman–Crippen LogP) is 2.43. The van der Waals surface area contributed by atoms with Gasteiger partial charge in [0.25, 0.3) is 5.91 Å². The summed E-state index contributed by atoms with van der Waals surface area (Å²) in [4.78, 5) is 24.2. The second kappa shape index (κ2) is 8.41. The SMILES string of the molecule is CC(CS(C)(=O)=O)NC(=O)c1ccccc1SCc1occc1C(=O)O. The highest BCUT2D eigenvalue weighted by atomic mass is 32.2. The molecule has 0 aliphatic carbocycles. The fourth-order valence-corrected chi connectivity index (χ4v) is 4.36. The lowest BCUT2D eigenvalue weighted by Crippen LogP contribution is -2.37. The number of nitrogens with one attached hydrogen (secondary N) is 1. The zero-order valence-corrected chi connectivity index (χ0v) is 15.9. The molecule has 26 heavy (non-hydrogen) atoms. The Hall–Kier alpha value is -2.26. The Morgan fingerprint density at radius 3 is 2.58 bits per heavy atom. The number of thioether (sulfide) groups is 1. The molecule has 0 radical (unpaired) electrons. The lowest BCUT2D eigenvalue weighted by atomic mass is 10.2. The van der Waals surface area contributed by atoms with Gasteiger partial charge in [-0.25, -0.2) is 13.2 Å². The van der Waals surface area contributed by atoms with Crippen LogP contribution in [0.5, 0.6) is 0 Å². The van der Waals surface area contributed by atoms with Gasteiger partial charge >= 0.3 is 5.97 Å². The van der Waals surface area contributed by atoms with Crippen LogP contribution in [0.4, 0.5) is 0 Å². The maximum absolute atomic E-state index is 12.5. The minimum absolute atomic E-state index is 0.0845. The van der Waals surface area contributed by atoms with E-state index in [-0.39, 0.29) is 23.0 Å². The van der Waals surface area contributed by atoms with Crippen molar-refractivity contribution in [3.05, 3.63) is 53.5 Å². The maximum Gasteiger partial charge on any atom is 0.339 e. The summed E-state index contributed by atoms with van der Waals surface area (Å²) in [5, 5.41) is 11.8. The van der Waals surface area contributed by atoms with E-state index in [4.69, 9.17) is 9.52 Å². The first-order valence-electron chi connectivity index (χ1n) is 7.67. The Morgan fingerprint density at radius 1 is 1.23 bits per heavy atom. The molecule has 0 saturated carbocycles.